The molecule has 0 radical (unpaired) electrons. The Kier molecular flexibility index (Phi) is 5.81. The van der Waals surface area contributed by atoms with Crippen molar-refractivity contribution in [1.82, 2.24) is 0 Å². The van der Waals surface area contributed by atoms with Crippen molar-refractivity contribution in [2.75, 3.05) is 25.7 Å². The highest BCUT2D eigenvalue weighted by atomic mass is 35.5. The fourth-order valence-electron chi connectivity index (χ4n) is 1.01. The van der Waals surface area contributed by atoms with Gasteiger partial charge < -0.3 is 9.47 Å². The van der Waals surface area contributed by atoms with Crippen LogP contribution in [0.1, 0.15) is 10.4 Å². The van der Waals surface area contributed by atoms with Crippen LogP contribution < -0.4 is 0 Å². The Labute approximate surface area is 93.9 Å². The van der Waals surface area contributed by atoms with E-state index in [0.29, 0.717) is 24.7 Å². The molecule has 0 bridgehead atoms. The molecule has 0 spiro atoms. The van der Waals surface area contributed by atoms with Crippen LogP contribution in [0.5, 0.6) is 0 Å². The zero-order valence-corrected chi connectivity index (χ0v) is 9.07. The highest BCUT2D eigenvalue weighted by molar-refractivity contribution is 6.17. The van der Waals surface area contributed by atoms with Crippen LogP contribution in [0.25, 0.3) is 0 Å². The molecule has 1 aromatic carbocycles. The summed E-state index contributed by atoms with van der Waals surface area (Å²) in [6.45, 7) is 1.11. The van der Waals surface area contributed by atoms with E-state index < -0.39 is 0 Å². The third-order valence-corrected chi connectivity index (χ3v) is 1.85. The lowest BCUT2D eigenvalue weighted by atomic mass is 10.2. The molecule has 0 aliphatic heterocycles. The fraction of sp³-hybridized carbons (Fsp3) is 0.364. The minimum Gasteiger partial charge on any atom is -0.460 e. The molecule has 15 heavy (non-hydrogen) atoms. The van der Waals surface area contributed by atoms with Crippen LogP contribution in [-0.4, -0.2) is 31.7 Å². The van der Waals surface area contributed by atoms with Gasteiger partial charge in [0.25, 0.3) is 0 Å². The summed E-state index contributed by atoms with van der Waals surface area (Å²) in [7, 11) is 0. The van der Waals surface area contributed by atoms with E-state index in [2.05, 4.69) is 0 Å². The van der Waals surface area contributed by atoms with Crippen molar-refractivity contribution >= 4 is 17.6 Å². The number of alkyl halides is 1. The summed E-state index contributed by atoms with van der Waals surface area (Å²) in [4.78, 5) is 11.4. The van der Waals surface area contributed by atoms with Gasteiger partial charge in [0, 0.05) is 5.88 Å². The van der Waals surface area contributed by atoms with Crippen LogP contribution in [0.15, 0.2) is 30.3 Å². The maximum atomic E-state index is 11.4. The van der Waals surface area contributed by atoms with Crippen molar-refractivity contribution in [2.24, 2.45) is 0 Å². The normalized spacial score (nSPS) is 9.93. The molecule has 1 rings (SSSR count). The second-order valence-corrected chi connectivity index (χ2v) is 3.18. The topological polar surface area (TPSA) is 35.5 Å². The Morgan fingerprint density at radius 1 is 1.13 bits per heavy atom. The summed E-state index contributed by atoms with van der Waals surface area (Å²) in [6.07, 6.45) is 0. The number of halogens is 1. The number of rotatable bonds is 6. The number of benzene rings is 1. The smallest absolute Gasteiger partial charge is 0.338 e. The molecule has 0 saturated heterocycles. The van der Waals surface area contributed by atoms with E-state index in [9.17, 15) is 4.79 Å². The van der Waals surface area contributed by atoms with Gasteiger partial charge in [0.2, 0.25) is 0 Å². The fourth-order valence-corrected chi connectivity index (χ4v) is 1.12. The summed E-state index contributed by atoms with van der Waals surface area (Å²) < 4.78 is 10.0. The molecule has 0 N–H and O–H groups in total. The highest BCUT2D eigenvalue weighted by Crippen LogP contribution is 2.00. The van der Waals surface area contributed by atoms with Gasteiger partial charge in [-0.2, -0.15) is 0 Å². The van der Waals surface area contributed by atoms with Crippen LogP contribution in [0, 0.1) is 0 Å². The van der Waals surface area contributed by atoms with E-state index in [1.807, 2.05) is 6.07 Å². The third-order valence-electron chi connectivity index (χ3n) is 1.69. The number of esters is 1. The molecule has 82 valence electrons. The lowest BCUT2D eigenvalue weighted by molar-refractivity contribution is 0.0338. The van der Waals surface area contributed by atoms with E-state index in [1.54, 1.807) is 24.3 Å². The van der Waals surface area contributed by atoms with Crippen molar-refractivity contribution in [3.05, 3.63) is 35.9 Å². The number of ether oxygens (including phenoxy) is 2. The lowest BCUT2D eigenvalue weighted by Gasteiger charge is -2.04. The van der Waals surface area contributed by atoms with E-state index in [4.69, 9.17) is 21.1 Å². The number of hydrogen-bond donors (Lipinski definition) is 0. The molecule has 4 heteroatoms. The zero-order valence-electron chi connectivity index (χ0n) is 8.32. The highest BCUT2D eigenvalue weighted by Gasteiger charge is 2.04. The first-order chi connectivity index (χ1) is 7.34. The Morgan fingerprint density at radius 2 is 1.87 bits per heavy atom. The molecule has 0 aliphatic carbocycles. The summed E-state index contributed by atoms with van der Waals surface area (Å²) in [5, 5.41) is 0. The largest absolute Gasteiger partial charge is 0.460 e. The molecule has 0 amide bonds. The predicted octanol–water partition coefficient (Wildman–Crippen LogP) is 2.10. The van der Waals surface area contributed by atoms with Crippen LogP contribution in [0.2, 0.25) is 0 Å². The first kappa shape index (κ1) is 12.0. The van der Waals surface area contributed by atoms with Crippen molar-refractivity contribution in [3.8, 4) is 0 Å². The molecule has 0 fully saturated rings. The van der Waals surface area contributed by atoms with E-state index >= 15 is 0 Å². The Hall–Kier alpha value is -1.06. The van der Waals surface area contributed by atoms with Gasteiger partial charge in [-0.1, -0.05) is 18.2 Å². The predicted molar refractivity (Wildman–Crippen MR) is 58.3 cm³/mol. The second-order valence-electron chi connectivity index (χ2n) is 2.80. The molecular weight excluding hydrogens is 216 g/mol. The van der Waals surface area contributed by atoms with Gasteiger partial charge in [0.05, 0.1) is 18.8 Å². The van der Waals surface area contributed by atoms with E-state index in [0.717, 1.165) is 0 Å². The van der Waals surface area contributed by atoms with Crippen LogP contribution in [0.3, 0.4) is 0 Å². The summed E-state index contributed by atoms with van der Waals surface area (Å²) >= 11 is 5.41. The van der Waals surface area contributed by atoms with Gasteiger partial charge >= 0.3 is 5.97 Å². The third kappa shape index (κ3) is 4.81. The second kappa shape index (κ2) is 7.26. The van der Waals surface area contributed by atoms with Gasteiger partial charge in [-0.15, -0.1) is 11.6 Å². The van der Waals surface area contributed by atoms with Crippen molar-refractivity contribution in [2.45, 2.75) is 0 Å². The Balaban J connectivity index is 2.20. The molecule has 0 atom stereocenters. The van der Waals surface area contributed by atoms with Gasteiger partial charge in [0.1, 0.15) is 6.61 Å². The van der Waals surface area contributed by atoms with Gasteiger partial charge in [-0.05, 0) is 12.1 Å². The summed E-state index contributed by atoms with van der Waals surface area (Å²) in [5.41, 5.74) is 0.551. The minimum atomic E-state index is -0.329. The average molecular weight is 229 g/mol. The number of hydrogen-bond acceptors (Lipinski definition) is 3. The minimum absolute atomic E-state index is 0.255. The Morgan fingerprint density at radius 3 is 2.53 bits per heavy atom. The number of carbonyl (C=O) groups excluding carboxylic acids is 1. The molecular formula is C11H13ClO3. The molecule has 0 heterocycles. The number of carbonyl (C=O) groups is 1. The van der Waals surface area contributed by atoms with Crippen LogP contribution in [0.4, 0.5) is 0 Å². The zero-order chi connectivity index (χ0) is 10.9. The van der Waals surface area contributed by atoms with Gasteiger partial charge in [-0.3, -0.25) is 0 Å². The molecule has 0 saturated carbocycles. The first-order valence-corrected chi connectivity index (χ1v) is 5.24. The van der Waals surface area contributed by atoms with Crippen LogP contribution >= 0.6 is 11.6 Å². The maximum Gasteiger partial charge on any atom is 0.338 e. The van der Waals surface area contributed by atoms with Crippen LogP contribution in [-0.2, 0) is 9.47 Å². The molecule has 1 aromatic rings. The quantitative estimate of drug-likeness (QED) is 0.425. The average Bonchev–Trinajstić information content (AvgIpc) is 2.30. The summed E-state index contributed by atoms with van der Waals surface area (Å²) in [5.74, 6) is 0.122. The molecule has 0 aromatic heterocycles. The van der Waals surface area contributed by atoms with Gasteiger partial charge in [-0.25, -0.2) is 4.79 Å². The molecule has 0 aliphatic rings. The lowest BCUT2D eigenvalue weighted by Crippen LogP contribution is -2.11. The standard InChI is InChI=1S/C11H13ClO3/c12-6-7-14-8-9-15-11(13)10-4-2-1-3-5-10/h1-5H,6-9H2. The van der Waals surface area contributed by atoms with E-state index in [-0.39, 0.29) is 12.6 Å². The molecule has 3 nitrogen and oxygen atoms in total. The maximum absolute atomic E-state index is 11.4. The summed E-state index contributed by atoms with van der Waals surface area (Å²) in [6, 6.07) is 8.85. The SMILES string of the molecule is O=C(OCCOCCCl)c1ccccc1. The first-order valence-electron chi connectivity index (χ1n) is 4.70. The van der Waals surface area contributed by atoms with Crippen molar-refractivity contribution in [3.63, 3.8) is 0 Å². The Bertz CT molecular complexity index is 287. The molecule has 0 unspecified atom stereocenters. The van der Waals surface area contributed by atoms with Gasteiger partial charge in [0.15, 0.2) is 0 Å². The van der Waals surface area contributed by atoms with Crippen molar-refractivity contribution in [1.29, 1.82) is 0 Å². The van der Waals surface area contributed by atoms with E-state index in [1.165, 1.54) is 0 Å². The monoisotopic (exact) mass is 228 g/mol. The van der Waals surface area contributed by atoms with Crippen molar-refractivity contribution < 1.29 is 14.3 Å².